The van der Waals surface area contributed by atoms with Gasteiger partial charge in [0.15, 0.2) is 0 Å². The summed E-state index contributed by atoms with van der Waals surface area (Å²) < 4.78 is 26.2. The molecule has 0 bridgehead atoms. The molecule has 0 aromatic rings. The van der Waals surface area contributed by atoms with E-state index in [2.05, 4.69) is 0 Å². The third-order valence-electron chi connectivity index (χ3n) is 3.86. The summed E-state index contributed by atoms with van der Waals surface area (Å²) in [5.74, 6) is -1.72. The van der Waals surface area contributed by atoms with Gasteiger partial charge in [-0.2, -0.15) is 0 Å². The van der Waals surface area contributed by atoms with Crippen molar-refractivity contribution in [2.75, 3.05) is 0 Å². The molecule has 2 aliphatic rings. The number of carbonyl (C=O) groups excluding carboxylic acids is 1. The molecule has 0 heterocycles. The van der Waals surface area contributed by atoms with Crippen LogP contribution < -0.4 is 0 Å². The highest BCUT2D eigenvalue weighted by Gasteiger charge is 2.46. The first-order valence-electron chi connectivity index (χ1n) is 5.36. The molecule has 0 saturated heterocycles. The molecule has 0 radical (unpaired) electrons. The predicted molar refractivity (Wildman–Crippen MR) is 49.2 cm³/mol. The van der Waals surface area contributed by atoms with Gasteiger partial charge >= 0.3 is 0 Å². The van der Waals surface area contributed by atoms with Crippen LogP contribution >= 0.6 is 0 Å². The SMILES string of the molecule is CC(=O)[C@@H]1C[C@@H]2CCC(F)(F)C[C@@H]2C1. The van der Waals surface area contributed by atoms with Crippen LogP contribution in [-0.2, 0) is 4.79 Å². The van der Waals surface area contributed by atoms with Gasteiger partial charge in [-0.15, -0.1) is 0 Å². The average molecular weight is 202 g/mol. The van der Waals surface area contributed by atoms with Crippen LogP contribution in [0.25, 0.3) is 0 Å². The van der Waals surface area contributed by atoms with Gasteiger partial charge in [0.2, 0.25) is 5.92 Å². The molecule has 0 amide bonds. The molecule has 0 aromatic heterocycles. The topological polar surface area (TPSA) is 17.1 Å². The van der Waals surface area contributed by atoms with Crippen molar-refractivity contribution in [3.8, 4) is 0 Å². The summed E-state index contributed by atoms with van der Waals surface area (Å²) in [5, 5.41) is 0. The van der Waals surface area contributed by atoms with Gasteiger partial charge in [-0.1, -0.05) is 0 Å². The van der Waals surface area contributed by atoms with Crippen LogP contribution in [0.2, 0.25) is 0 Å². The monoisotopic (exact) mass is 202 g/mol. The maximum absolute atomic E-state index is 13.1. The number of hydrogen-bond donors (Lipinski definition) is 0. The fourth-order valence-electron chi connectivity index (χ4n) is 3.03. The third kappa shape index (κ3) is 1.82. The molecule has 0 aromatic carbocycles. The smallest absolute Gasteiger partial charge is 0.248 e. The Bertz CT molecular complexity index is 250. The van der Waals surface area contributed by atoms with E-state index < -0.39 is 5.92 Å². The second-order valence-electron chi connectivity index (χ2n) is 4.90. The van der Waals surface area contributed by atoms with E-state index >= 15 is 0 Å². The van der Waals surface area contributed by atoms with Crippen LogP contribution in [0.1, 0.15) is 39.0 Å². The molecule has 0 N–H and O–H groups in total. The zero-order valence-electron chi connectivity index (χ0n) is 8.43. The Morgan fingerprint density at radius 1 is 1.29 bits per heavy atom. The van der Waals surface area contributed by atoms with Crippen molar-refractivity contribution in [3.63, 3.8) is 0 Å². The molecule has 1 nitrogen and oxygen atoms in total. The largest absolute Gasteiger partial charge is 0.300 e. The quantitative estimate of drug-likeness (QED) is 0.638. The van der Waals surface area contributed by atoms with E-state index in [0.717, 1.165) is 6.42 Å². The van der Waals surface area contributed by atoms with E-state index in [9.17, 15) is 13.6 Å². The summed E-state index contributed by atoms with van der Waals surface area (Å²) in [7, 11) is 0. The number of ketones is 1. The number of alkyl halides is 2. The van der Waals surface area contributed by atoms with Gasteiger partial charge in [-0.3, -0.25) is 4.79 Å². The van der Waals surface area contributed by atoms with Gasteiger partial charge in [0, 0.05) is 18.8 Å². The Morgan fingerprint density at radius 3 is 2.57 bits per heavy atom. The summed E-state index contributed by atoms with van der Waals surface area (Å²) in [5.41, 5.74) is 0. The first kappa shape index (κ1) is 10.1. The van der Waals surface area contributed by atoms with Gasteiger partial charge in [0.1, 0.15) is 5.78 Å². The third-order valence-corrected chi connectivity index (χ3v) is 3.86. The number of halogens is 2. The summed E-state index contributed by atoms with van der Waals surface area (Å²) in [6.07, 6.45) is 2.22. The second kappa shape index (κ2) is 3.28. The standard InChI is InChI=1S/C11H16F2O/c1-7(14)9-4-8-2-3-11(12,13)6-10(8)5-9/h8-10H,2-6H2,1H3/t8-,9+,10-/m0/s1. The molecule has 2 rings (SSSR count). The minimum Gasteiger partial charge on any atom is -0.300 e. The Morgan fingerprint density at radius 2 is 1.93 bits per heavy atom. The Hall–Kier alpha value is -0.470. The molecule has 3 atom stereocenters. The molecule has 2 saturated carbocycles. The zero-order valence-corrected chi connectivity index (χ0v) is 8.43. The maximum Gasteiger partial charge on any atom is 0.248 e. The fraction of sp³-hybridized carbons (Fsp3) is 0.909. The Labute approximate surface area is 82.9 Å². The predicted octanol–water partition coefficient (Wildman–Crippen LogP) is 3.04. The summed E-state index contributed by atoms with van der Waals surface area (Å²) >= 11 is 0. The highest BCUT2D eigenvalue weighted by atomic mass is 19.3. The maximum atomic E-state index is 13.1. The van der Waals surface area contributed by atoms with E-state index in [1.165, 1.54) is 0 Å². The second-order valence-corrected chi connectivity index (χ2v) is 4.90. The number of hydrogen-bond acceptors (Lipinski definition) is 1. The highest BCUT2D eigenvalue weighted by Crippen LogP contribution is 2.49. The highest BCUT2D eigenvalue weighted by molar-refractivity contribution is 5.78. The van der Waals surface area contributed by atoms with Crippen LogP contribution in [0.4, 0.5) is 8.78 Å². The van der Waals surface area contributed by atoms with Crippen molar-refractivity contribution < 1.29 is 13.6 Å². The molecule has 80 valence electrons. The van der Waals surface area contributed by atoms with E-state index in [0.29, 0.717) is 18.8 Å². The van der Waals surface area contributed by atoms with Gasteiger partial charge < -0.3 is 0 Å². The van der Waals surface area contributed by atoms with Gasteiger partial charge in [-0.25, -0.2) is 8.78 Å². The zero-order chi connectivity index (χ0) is 10.3. The van der Waals surface area contributed by atoms with Gasteiger partial charge in [-0.05, 0) is 38.0 Å². The fourth-order valence-corrected chi connectivity index (χ4v) is 3.03. The number of rotatable bonds is 1. The van der Waals surface area contributed by atoms with Crippen molar-refractivity contribution in [1.82, 2.24) is 0 Å². The van der Waals surface area contributed by atoms with Crippen LogP contribution in [0.3, 0.4) is 0 Å². The lowest BCUT2D eigenvalue weighted by Crippen LogP contribution is -2.29. The van der Waals surface area contributed by atoms with Crippen molar-refractivity contribution in [2.24, 2.45) is 17.8 Å². The minimum absolute atomic E-state index is 0.0153. The van der Waals surface area contributed by atoms with Crippen molar-refractivity contribution >= 4 is 5.78 Å². The van der Waals surface area contributed by atoms with E-state index in [1.807, 2.05) is 0 Å². The van der Waals surface area contributed by atoms with Gasteiger partial charge in [0.25, 0.3) is 0 Å². The first-order chi connectivity index (χ1) is 6.48. The van der Waals surface area contributed by atoms with Crippen molar-refractivity contribution in [2.45, 2.75) is 45.0 Å². The first-order valence-corrected chi connectivity index (χ1v) is 5.36. The number of carbonyl (C=O) groups is 1. The lowest BCUT2D eigenvalue weighted by atomic mass is 9.80. The summed E-state index contributed by atoms with van der Waals surface area (Å²) in [4.78, 5) is 11.2. The van der Waals surface area contributed by atoms with Crippen LogP contribution in [0.5, 0.6) is 0 Å². The molecule has 0 unspecified atom stereocenters. The van der Waals surface area contributed by atoms with Crippen LogP contribution in [0, 0.1) is 17.8 Å². The molecule has 14 heavy (non-hydrogen) atoms. The molecular weight excluding hydrogens is 186 g/mol. The minimum atomic E-state index is -2.47. The normalized spacial score (nSPS) is 40.6. The lowest BCUT2D eigenvalue weighted by Gasteiger charge is -2.31. The van der Waals surface area contributed by atoms with Crippen LogP contribution in [-0.4, -0.2) is 11.7 Å². The Kier molecular flexibility index (Phi) is 2.36. The van der Waals surface area contributed by atoms with Crippen molar-refractivity contribution in [1.29, 1.82) is 0 Å². The number of Topliss-reactive ketones (excluding diaryl/α,β-unsaturated/α-hetero) is 1. The average Bonchev–Trinajstić information content (AvgIpc) is 2.45. The van der Waals surface area contributed by atoms with Crippen LogP contribution in [0.15, 0.2) is 0 Å². The lowest BCUT2D eigenvalue weighted by molar-refractivity contribution is -0.120. The van der Waals surface area contributed by atoms with Gasteiger partial charge in [0.05, 0.1) is 0 Å². The molecule has 0 aliphatic heterocycles. The van der Waals surface area contributed by atoms with E-state index in [-0.39, 0.29) is 30.5 Å². The van der Waals surface area contributed by atoms with E-state index in [1.54, 1.807) is 6.92 Å². The molecular formula is C11H16F2O. The number of fused-ring (bicyclic) bond motifs is 1. The molecule has 2 aliphatic carbocycles. The summed E-state index contributed by atoms with van der Waals surface area (Å²) in [6.45, 7) is 1.58. The van der Waals surface area contributed by atoms with Crippen molar-refractivity contribution in [3.05, 3.63) is 0 Å². The van der Waals surface area contributed by atoms with E-state index in [4.69, 9.17) is 0 Å². The molecule has 2 fully saturated rings. The Balaban J connectivity index is 2.02. The molecule has 3 heteroatoms. The molecule has 0 spiro atoms. The summed E-state index contributed by atoms with van der Waals surface area (Å²) in [6, 6.07) is 0.